The van der Waals surface area contributed by atoms with E-state index in [2.05, 4.69) is 27.7 Å². The normalized spacial score (nSPS) is 18.3. The van der Waals surface area contributed by atoms with Crippen molar-refractivity contribution in [2.45, 2.75) is 53.9 Å². The Bertz CT molecular complexity index is 500. The number of benzene rings is 1. The molecule has 2 heteroatoms. The van der Waals surface area contributed by atoms with Crippen LogP contribution in [0.3, 0.4) is 0 Å². The fourth-order valence-corrected chi connectivity index (χ4v) is 3.08. The molecule has 0 bridgehead atoms. The Morgan fingerprint density at radius 3 is 2.58 bits per heavy atom. The van der Waals surface area contributed by atoms with E-state index in [1.807, 2.05) is 6.07 Å². The first-order chi connectivity index (χ1) is 8.90. The summed E-state index contributed by atoms with van der Waals surface area (Å²) >= 11 is 0. The number of hydrogen-bond acceptors (Lipinski definition) is 2. The van der Waals surface area contributed by atoms with Crippen LogP contribution in [0.25, 0.3) is 0 Å². The van der Waals surface area contributed by atoms with E-state index in [0.717, 1.165) is 18.6 Å². The standard InChI is InChI=1S/C17H24O2/c1-10(2)14-6-7-15-12(4)11(3)8-17(16(15)9-14)19-13(5)18/h8,10,14H,6-7,9H2,1-5H3/t14-/m1/s1. The molecule has 104 valence electrons. The van der Waals surface area contributed by atoms with Gasteiger partial charge in [-0.05, 0) is 73.3 Å². The van der Waals surface area contributed by atoms with Gasteiger partial charge in [-0.15, -0.1) is 0 Å². The quantitative estimate of drug-likeness (QED) is 0.593. The lowest BCUT2D eigenvalue weighted by atomic mass is 9.76. The van der Waals surface area contributed by atoms with Gasteiger partial charge in [0.2, 0.25) is 0 Å². The fourth-order valence-electron chi connectivity index (χ4n) is 3.08. The number of carbonyl (C=O) groups is 1. The molecule has 1 aliphatic rings. The molecule has 2 rings (SSSR count). The zero-order valence-electron chi connectivity index (χ0n) is 12.7. The summed E-state index contributed by atoms with van der Waals surface area (Å²) in [5, 5.41) is 0. The second kappa shape index (κ2) is 5.36. The van der Waals surface area contributed by atoms with Gasteiger partial charge in [0.1, 0.15) is 5.75 Å². The molecular formula is C17H24O2. The molecule has 2 nitrogen and oxygen atoms in total. The molecule has 0 N–H and O–H groups in total. The maximum Gasteiger partial charge on any atom is 0.308 e. The van der Waals surface area contributed by atoms with Crippen LogP contribution < -0.4 is 4.74 Å². The average Bonchev–Trinajstić information content (AvgIpc) is 2.34. The zero-order valence-corrected chi connectivity index (χ0v) is 12.7. The van der Waals surface area contributed by atoms with Crippen LogP contribution in [0.5, 0.6) is 5.75 Å². The van der Waals surface area contributed by atoms with Crippen LogP contribution in [-0.4, -0.2) is 5.97 Å². The summed E-state index contributed by atoms with van der Waals surface area (Å²) in [6, 6.07) is 2.03. The number of carbonyl (C=O) groups excluding carboxylic acids is 1. The predicted octanol–water partition coefficient (Wildman–Crippen LogP) is 3.99. The lowest BCUT2D eigenvalue weighted by Crippen LogP contribution is -2.21. The maximum atomic E-state index is 11.3. The van der Waals surface area contributed by atoms with E-state index in [1.54, 1.807) is 0 Å². The van der Waals surface area contributed by atoms with E-state index in [0.29, 0.717) is 11.8 Å². The lowest BCUT2D eigenvalue weighted by molar-refractivity contribution is -0.131. The first-order valence-electron chi connectivity index (χ1n) is 7.20. The van der Waals surface area contributed by atoms with Crippen molar-refractivity contribution in [3.05, 3.63) is 28.3 Å². The molecule has 0 saturated carbocycles. The highest BCUT2D eigenvalue weighted by atomic mass is 16.5. The van der Waals surface area contributed by atoms with Gasteiger partial charge in [0.05, 0.1) is 0 Å². The van der Waals surface area contributed by atoms with Crippen molar-refractivity contribution in [3.8, 4) is 5.75 Å². The van der Waals surface area contributed by atoms with Gasteiger partial charge in [0, 0.05) is 6.92 Å². The van der Waals surface area contributed by atoms with E-state index >= 15 is 0 Å². The lowest BCUT2D eigenvalue weighted by Gasteiger charge is -2.30. The van der Waals surface area contributed by atoms with Crippen LogP contribution in [0.15, 0.2) is 6.07 Å². The minimum Gasteiger partial charge on any atom is -0.426 e. The third-order valence-electron chi connectivity index (χ3n) is 4.48. The van der Waals surface area contributed by atoms with Crippen LogP contribution >= 0.6 is 0 Å². The predicted molar refractivity (Wildman–Crippen MR) is 77.6 cm³/mol. The molecule has 0 saturated heterocycles. The Labute approximate surface area is 116 Å². The smallest absolute Gasteiger partial charge is 0.308 e. The average molecular weight is 260 g/mol. The topological polar surface area (TPSA) is 26.3 Å². The second-order valence-corrected chi connectivity index (χ2v) is 6.11. The number of ether oxygens (including phenoxy) is 1. The van der Waals surface area contributed by atoms with Gasteiger partial charge in [-0.1, -0.05) is 13.8 Å². The second-order valence-electron chi connectivity index (χ2n) is 6.11. The molecule has 0 aromatic heterocycles. The third kappa shape index (κ3) is 2.83. The molecule has 0 aliphatic heterocycles. The van der Waals surface area contributed by atoms with Crippen LogP contribution in [0.2, 0.25) is 0 Å². The highest BCUT2D eigenvalue weighted by Gasteiger charge is 2.26. The Hall–Kier alpha value is -1.31. The molecule has 19 heavy (non-hydrogen) atoms. The zero-order chi connectivity index (χ0) is 14.2. The first kappa shape index (κ1) is 14.1. The summed E-state index contributed by atoms with van der Waals surface area (Å²) < 4.78 is 5.44. The molecule has 0 fully saturated rings. The SMILES string of the molecule is CC(=O)Oc1cc(C)c(C)c2c1C[C@H](C(C)C)CC2. The number of fused-ring (bicyclic) bond motifs is 1. The largest absolute Gasteiger partial charge is 0.426 e. The Balaban J connectivity index is 2.46. The van der Waals surface area contributed by atoms with Crippen LogP contribution in [0.1, 0.15) is 49.4 Å². The third-order valence-corrected chi connectivity index (χ3v) is 4.48. The molecule has 1 aromatic rings. The fraction of sp³-hybridized carbons (Fsp3) is 0.588. The van der Waals surface area contributed by atoms with E-state index in [9.17, 15) is 4.79 Å². The molecule has 0 heterocycles. The molecule has 1 atom stereocenters. The van der Waals surface area contributed by atoms with Crippen molar-refractivity contribution in [2.75, 3.05) is 0 Å². The number of esters is 1. The Morgan fingerprint density at radius 2 is 2.00 bits per heavy atom. The summed E-state index contributed by atoms with van der Waals surface area (Å²) in [6.07, 6.45) is 3.39. The molecule has 0 unspecified atom stereocenters. The maximum absolute atomic E-state index is 11.3. The summed E-state index contributed by atoms with van der Waals surface area (Å²) in [7, 11) is 0. The summed E-state index contributed by atoms with van der Waals surface area (Å²) in [4.78, 5) is 11.3. The summed E-state index contributed by atoms with van der Waals surface area (Å²) in [6.45, 7) is 10.3. The highest BCUT2D eigenvalue weighted by Crippen LogP contribution is 2.38. The van der Waals surface area contributed by atoms with Gasteiger partial charge in [0.25, 0.3) is 0 Å². The minimum absolute atomic E-state index is 0.225. The van der Waals surface area contributed by atoms with Crippen molar-refractivity contribution < 1.29 is 9.53 Å². The van der Waals surface area contributed by atoms with Gasteiger partial charge in [-0.25, -0.2) is 0 Å². The van der Waals surface area contributed by atoms with Gasteiger partial charge in [0.15, 0.2) is 0 Å². The highest BCUT2D eigenvalue weighted by molar-refractivity contribution is 5.70. The Morgan fingerprint density at radius 1 is 1.32 bits per heavy atom. The molecule has 0 radical (unpaired) electrons. The van der Waals surface area contributed by atoms with Gasteiger partial charge in [-0.3, -0.25) is 4.79 Å². The van der Waals surface area contributed by atoms with Gasteiger partial charge >= 0.3 is 5.97 Å². The van der Waals surface area contributed by atoms with E-state index in [4.69, 9.17) is 4.74 Å². The van der Waals surface area contributed by atoms with Crippen molar-refractivity contribution >= 4 is 5.97 Å². The molecule has 0 amide bonds. The Kier molecular flexibility index (Phi) is 3.98. The monoisotopic (exact) mass is 260 g/mol. The van der Waals surface area contributed by atoms with E-state index in [-0.39, 0.29) is 5.97 Å². The van der Waals surface area contributed by atoms with Crippen molar-refractivity contribution in [3.63, 3.8) is 0 Å². The van der Waals surface area contributed by atoms with Gasteiger partial charge < -0.3 is 4.74 Å². The molecule has 0 spiro atoms. The number of rotatable bonds is 2. The van der Waals surface area contributed by atoms with Crippen molar-refractivity contribution in [2.24, 2.45) is 11.8 Å². The number of aryl methyl sites for hydroxylation is 1. The van der Waals surface area contributed by atoms with Crippen LogP contribution in [0, 0.1) is 25.7 Å². The minimum atomic E-state index is -0.225. The van der Waals surface area contributed by atoms with Crippen LogP contribution in [-0.2, 0) is 17.6 Å². The molecule has 1 aromatic carbocycles. The number of hydrogen-bond donors (Lipinski definition) is 0. The molecule has 1 aliphatic carbocycles. The van der Waals surface area contributed by atoms with Crippen molar-refractivity contribution in [1.29, 1.82) is 0 Å². The van der Waals surface area contributed by atoms with E-state index in [1.165, 1.54) is 35.6 Å². The van der Waals surface area contributed by atoms with Crippen molar-refractivity contribution in [1.82, 2.24) is 0 Å². The summed E-state index contributed by atoms with van der Waals surface area (Å²) in [5.74, 6) is 1.94. The van der Waals surface area contributed by atoms with E-state index < -0.39 is 0 Å². The first-order valence-corrected chi connectivity index (χ1v) is 7.20. The van der Waals surface area contributed by atoms with Gasteiger partial charge in [-0.2, -0.15) is 0 Å². The summed E-state index contributed by atoms with van der Waals surface area (Å²) in [5.41, 5.74) is 5.27. The molecular weight excluding hydrogens is 236 g/mol. The van der Waals surface area contributed by atoms with Crippen LogP contribution in [0.4, 0.5) is 0 Å².